The molecule has 1 aliphatic heterocycles. The zero-order valence-electron chi connectivity index (χ0n) is 18.3. The molecule has 0 unspecified atom stereocenters. The van der Waals surface area contributed by atoms with Crippen molar-refractivity contribution in [2.75, 3.05) is 18.5 Å². The van der Waals surface area contributed by atoms with Gasteiger partial charge in [-0.15, -0.1) is 0 Å². The van der Waals surface area contributed by atoms with Crippen molar-refractivity contribution in [2.24, 2.45) is 5.92 Å². The summed E-state index contributed by atoms with van der Waals surface area (Å²) in [6, 6.07) is 8.45. The topological polar surface area (TPSA) is 65.5 Å². The van der Waals surface area contributed by atoms with Gasteiger partial charge >= 0.3 is 0 Å². The number of rotatable bonds is 7. The van der Waals surface area contributed by atoms with E-state index in [-0.39, 0.29) is 12.2 Å². The summed E-state index contributed by atoms with van der Waals surface area (Å²) in [6.45, 7) is 7.71. The first-order valence-electron chi connectivity index (χ1n) is 11.2. The molecule has 1 aromatic carbocycles. The van der Waals surface area contributed by atoms with Gasteiger partial charge in [-0.05, 0) is 63.1 Å². The van der Waals surface area contributed by atoms with Gasteiger partial charge in [0.25, 0.3) is 0 Å². The molecular formula is C24H33N3O3. The van der Waals surface area contributed by atoms with E-state index in [0.29, 0.717) is 24.5 Å². The Morgan fingerprint density at radius 2 is 1.83 bits per heavy atom. The highest BCUT2D eigenvalue weighted by Gasteiger charge is 2.23. The lowest BCUT2D eigenvalue weighted by atomic mass is 9.87. The zero-order valence-corrected chi connectivity index (χ0v) is 18.3. The first kappa shape index (κ1) is 20.9. The first-order valence-corrected chi connectivity index (χ1v) is 11.2. The number of aromatic nitrogens is 2. The molecule has 6 heteroatoms. The summed E-state index contributed by atoms with van der Waals surface area (Å²) in [5, 5.41) is 3.52. The highest BCUT2D eigenvalue weighted by atomic mass is 16.5. The average Bonchev–Trinajstić information content (AvgIpc) is 3.23. The molecule has 2 aliphatic rings. The molecule has 30 heavy (non-hydrogen) atoms. The van der Waals surface area contributed by atoms with Gasteiger partial charge in [-0.2, -0.15) is 4.98 Å². The lowest BCUT2D eigenvalue weighted by molar-refractivity contribution is 0.138. The molecule has 4 rings (SSSR count). The standard InChI is InChI=1S/C24H33N3O3/c1-16(2)29-20-10-6-18(7-11-20)22-14-25-24(26-19-8-4-17(3)5-9-19)27-23(22)30-21-12-13-28-15-21/h6-7,10-11,14,16-17,19,21H,4-5,8-9,12-13,15H2,1-3H3,(H,25,26,27)/t17?,19?,21-/m0/s1. The largest absolute Gasteiger partial charge is 0.491 e. The van der Waals surface area contributed by atoms with Crippen molar-refractivity contribution in [3.8, 4) is 22.8 Å². The summed E-state index contributed by atoms with van der Waals surface area (Å²) in [4.78, 5) is 9.37. The second-order valence-corrected chi connectivity index (χ2v) is 8.81. The molecule has 2 aromatic rings. The number of anilines is 1. The summed E-state index contributed by atoms with van der Waals surface area (Å²) < 4.78 is 17.5. The molecule has 2 fully saturated rings. The maximum atomic E-state index is 6.26. The first-order chi connectivity index (χ1) is 14.6. The molecule has 1 saturated heterocycles. The van der Waals surface area contributed by atoms with E-state index >= 15 is 0 Å². The molecule has 2 heterocycles. The van der Waals surface area contributed by atoms with Crippen molar-refractivity contribution in [3.05, 3.63) is 30.5 Å². The molecule has 1 N–H and O–H groups in total. The van der Waals surface area contributed by atoms with Gasteiger partial charge in [0.05, 0.1) is 24.9 Å². The molecular weight excluding hydrogens is 378 g/mol. The SMILES string of the molecule is CC1CCC(Nc2ncc(-c3ccc(OC(C)C)cc3)c(O[C@H]3CCOC3)n2)CC1. The van der Waals surface area contributed by atoms with Gasteiger partial charge in [-0.3, -0.25) is 0 Å². The predicted molar refractivity (Wildman–Crippen MR) is 118 cm³/mol. The van der Waals surface area contributed by atoms with Crippen molar-refractivity contribution in [1.82, 2.24) is 9.97 Å². The van der Waals surface area contributed by atoms with Crippen molar-refractivity contribution >= 4 is 5.95 Å². The third-order valence-electron chi connectivity index (χ3n) is 5.81. The van der Waals surface area contributed by atoms with E-state index < -0.39 is 0 Å². The number of nitrogens with zero attached hydrogens (tertiary/aromatic N) is 2. The molecule has 6 nitrogen and oxygen atoms in total. The van der Waals surface area contributed by atoms with Gasteiger partial charge in [-0.1, -0.05) is 19.1 Å². The minimum Gasteiger partial charge on any atom is -0.491 e. The van der Waals surface area contributed by atoms with Crippen LogP contribution in [0.4, 0.5) is 5.95 Å². The Bertz CT molecular complexity index is 811. The quantitative estimate of drug-likeness (QED) is 0.685. The molecule has 1 aliphatic carbocycles. The van der Waals surface area contributed by atoms with Crippen LogP contribution in [-0.2, 0) is 4.74 Å². The molecule has 0 spiro atoms. The molecule has 1 saturated carbocycles. The van der Waals surface area contributed by atoms with Gasteiger partial charge in [0, 0.05) is 18.7 Å². The van der Waals surface area contributed by atoms with Crippen LogP contribution < -0.4 is 14.8 Å². The highest BCUT2D eigenvalue weighted by molar-refractivity contribution is 5.69. The van der Waals surface area contributed by atoms with E-state index in [1.54, 1.807) is 0 Å². The van der Waals surface area contributed by atoms with Gasteiger partial charge < -0.3 is 19.5 Å². The van der Waals surface area contributed by atoms with Crippen molar-refractivity contribution in [3.63, 3.8) is 0 Å². The minimum atomic E-state index is 0.0329. The molecule has 1 aromatic heterocycles. The number of benzene rings is 1. The van der Waals surface area contributed by atoms with Crippen molar-refractivity contribution < 1.29 is 14.2 Å². The maximum absolute atomic E-state index is 6.26. The fraction of sp³-hybridized carbons (Fsp3) is 0.583. The maximum Gasteiger partial charge on any atom is 0.226 e. The van der Waals surface area contributed by atoms with Gasteiger partial charge in [0.15, 0.2) is 0 Å². The molecule has 162 valence electrons. The Morgan fingerprint density at radius 1 is 1.07 bits per heavy atom. The van der Waals surface area contributed by atoms with Crippen LogP contribution in [0.15, 0.2) is 30.5 Å². The summed E-state index contributed by atoms with van der Waals surface area (Å²) >= 11 is 0. The number of ether oxygens (including phenoxy) is 3. The second-order valence-electron chi connectivity index (χ2n) is 8.81. The van der Waals surface area contributed by atoms with Crippen LogP contribution in [0, 0.1) is 5.92 Å². The predicted octanol–water partition coefficient (Wildman–Crippen LogP) is 5.09. The van der Waals surface area contributed by atoms with Crippen LogP contribution in [0.5, 0.6) is 11.6 Å². The molecule has 0 bridgehead atoms. The highest BCUT2D eigenvalue weighted by Crippen LogP contribution is 2.32. The van der Waals surface area contributed by atoms with Crippen LogP contribution in [0.3, 0.4) is 0 Å². The van der Waals surface area contributed by atoms with Crippen LogP contribution in [0.25, 0.3) is 11.1 Å². The Labute approximate surface area is 179 Å². The third kappa shape index (κ3) is 5.42. The Kier molecular flexibility index (Phi) is 6.72. The van der Waals surface area contributed by atoms with E-state index in [9.17, 15) is 0 Å². The summed E-state index contributed by atoms with van der Waals surface area (Å²) in [5.74, 6) is 2.93. The lowest BCUT2D eigenvalue weighted by Gasteiger charge is -2.27. The van der Waals surface area contributed by atoms with Gasteiger partial charge in [-0.25, -0.2) is 4.98 Å². The minimum absolute atomic E-state index is 0.0329. The Balaban J connectivity index is 1.55. The number of nitrogens with one attached hydrogen (secondary N) is 1. The zero-order chi connectivity index (χ0) is 20.9. The van der Waals surface area contributed by atoms with Crippen LogP contribution >= 0.6 is 0 Å². The fourth-order valence-corrected chi connectivity index (χ4v) is 4.06. The normalized spacial score (nSPS) is 24.1. The molecule has 1 atom stereocenters. The summed E-state index contributed by atoms with van der Waals surface area (Å²) in [7, 11) is 0. The summed E-state index contributed by atoms with van der Waals surface area (Å²) in [6.07, 6.45) is 7.76. The Morgan fingerprint density at radius 3 is 2.50 bits per heavy atom. The Hall–Kier alpha value is -2.34. The molecule has 0 radical (unpaired) electrons. The van der Waals surface area contributed by atoms with Crippen LogP contribution in [0.2, 0.25) is 0 Å². The van der Waals surface area contributed by atoms with E-state index in [2.05, 4.69) is 17.2 Å². The van der Waals surface area contributed by atoms with E-state index in [0.717, 1.165) is 48.7 Å². The monoisotopic (exact) mass is 411 g/mol. The smallest absolute Gasteiger partial charge is 0.226 e. The number of hydrogen-bond donors (Lipinski definition) is 1. The fourth-order valence-electron chi connectivity index (χ4n) is 4.06. The third-order valence-corrected chi connectivity index (χ3v) is 5.81. The molecule has 0 amide bonds. The van der Waals surface area contributed by atoms with Gasteiger partial charge in [0.1, 0.15) is 11.9 Å². The van der Waals surface area contributed by atoms with Crippen molar-refractivity contribution in [1.29, 1.82) is 0 Å². The average molecular weight is 412 g/mol. The van der Waals surface area contributed by atoms with E-state index in [4.69, 9.17) is 19.2 Å². The number of hydrogen-bond acceptors (Lipinski definition) is 6. The van der Waals surface area contributed by atoms with Crippen LogP contribution in [-0.4, -0.2) is 41.4 Å². The van der Waals surface area contributed by atoms with Gasteiger partial charge in [0.2, 0.25) is 11.8 Å². The van der Waals surface area contributed by atoms with E-state index in [1.807, 2.05) is 44.3 Å². The second kappa shape index (κ2) is 9.65. The van der Waals surface area contributed by atoms with Crippen LogP contribution in [0.1, 0.15) is 52.9 Å². The van der Waals surface area contributed by atoms with E-state index in [1.165, 1.54) is 12.8 Å². The summed E-state index contributed by atoms with van der Waals surface area (Å²) in [5.41, 5.74) is 1.90. The van der Waals surface area contributed by atoms with Crippen molar-refractivity contribution in [2.45, 2.75) is 71.1 Å². The lowest BCUT2D eigenvalue weighted by Crippen LogP contribution is -2.26.